The van der Waals surface area contributed by atoms with E-state index in [1.54, 1.807) is 0 Å². The lowest BCUT2D eigenvalue weighted by atomic mass is 10.5. The van der Waals surface area contributed by atoms with Crippen LogP contribution in [0.25, 0.3) is 0 Å². The fourth-order valence-corrected chi connectivity index (χ4v) is 0.645. The second-order valence-corrected chi connectivity index (χ2v) is 41.8. The fourth-order valence-electron chi connectivity index (χ4n) is 0.645. The van der Waals surface area contributed by atoms with Gasteiger partial charge in [0.2, 0.25) is 0 Å². The van der Waals surface area contributed by atoms with E-state index in [9.17, 15) is 0 Å². The van der Waals surface area contributed by atoms with Crippen LogP contribution in [-0.2, 0) is 6.54 Å². The highest BCUT2D eigenvalue weighted by Crippen LogP contribution is 2.33. The molecular weight excluding hydrogens is 445 g/mol. The molecular formula is C7H10AlBr4N. The molecule has 0 aliphatic rings. The monoisotopic (exact) mass is 451 g/mol. The SMILES string of the molecule is CC[n+]1ccccc1.[Br][Al-]([Br])([Br])[Br]. The van der Waals surface area contributed by atoms with Crippen LogP contribution in [0.1, 0.15) is 6.92 Å². The largest absolute Gasteiger partial charge is 0.450 e. The van der Waals surface area contributed by atoms with Crippen molar-refractivity contribution in [2.45, 2.75) is 13.5 Å². The third-order valence-corrected chi connectivity index (χ3v) is 1.14. The number of halogens is 4. The molecule has 0 fully saturated rings. The van der Waals surface area contributed by atoms with Gasteiger partial charge < -0.3 is 56.2 Å². The molecule has 13 heavy (non-hydrogen) atoms. The highest BCUT2D eigenvalue weighted by Gasteiger charge is 2.09. The summed E-state index contributed by atoms with van der Waals surface area (Å²) in [4.78, 5) is 0. The zero-order valence-electron chi connectivity index (χ0n) is 7.13. The molecule has 1 nitrogen and oxygen atoms in total. The van der Waals surface area contributed by atoms with Crippen molar-refractivity contribution in [1.82, 2.24) is 0 Å². The first kappa shape index (κ1) is 14.6. The molecule has 1 rings (SSSR count). The molecule has 74 valence electrons. The van der Waals surface area contributed by atoms with Crippen LogP contribution in [0.4, 0.5) is 0 Å². The lowest BCUT2D eigenvalue weighted by Crippen LogP contribution is -2.30. The smallest absolute Gasteiger partial charge is 0.363 e. The van der Waals surface area contributed by atoms with Crippen LogP contribution in [0, 0.1) is 0 Å². The second kappa shape index (κ2) is 7.84. The van der Waals surface area contributed by atoms with Crippen LogP contribution in [0.5, 0.6) is 0 Å². The first-order valence-electron chi connectivity index (χ1n) is 3.75. The van der Waals surface area contributed by atoms with Crippen molar-refractivity contribution < 1.29 is 4.57 Å². The maximum atomic E-state index is 3.29. The van der Waals surface area contributed by atoms with Crippen molar-refractivity contribution in [2.75, 3.05) is 0 Å². The molecule has 0 spiro atoms. The molecule has 0 atom stereocenters. The topological polar surface area (TPSA) is 3.88 Å². The Labute approximate surface area is 109 Å². The molecule has 0 aliphatic carbocycles. The van der Waals surface area contributed by atoms with Gasteiger partial charge in [-0.2, -0.15) is 0 Å². The number of aromatic nitrogens is 1. The van der Waals surface area contributed by atoms with Crippen molar-refractivity contribution >= 4 is 62.0 Å². The number of hydrogen-bond acceptors (Lipinski definition) is 0. The summed E-state index contributed by atoms with van der Waals surface area (Å²) in [5.41, 5.74) is 0. The van der Waals surface area contributed by atoms with Gasteiger partial charge in [-0.1, -0.05) is 6.07 Å². The molecule has 0 aliphatic heterocycles. The molecule has 6 heteroatoms. The zero-order valence-corrected chi connectivity index (χ0v) is 14.6. The molecule has 1 aromatic heterocycles. The first-order chi connectivity index (χ1) is 5.93. The van der Waals surface area contributed by atoms with Crippen LogP contribution in [-0.4, -0.2) is 5.77 Å². The maximum Gasteiger partial charge on any atom is 0.450 e. The van der Waals surface area contributed by atoms with E-state index in [0.29, 0.717) is 0 Å². The minimum absolute atomic E-state index is 1.06. The Morgan fingerprint density at radius 1 is 1.00 bits per heavy atom. The van der Waals surface area contributed by atoms with Crippen LogP contribution in [0.2, 0.25) is 0 Å². The van der Waals surface area contributed by atoms with Gasteiger partial charge in [-0.05, 0) is 6.92 Å². The molecule has 0 saturated heterocycles. The number of rotatable bonds is 1. The Morgan fingerprint density at radius 3 is 1.62 bits per heavy atom. The second-order valence-electron chi connectivity index (χ2n) is 2.20. The normalized spacial score (nSPS) is 10.2. The van der Waals surface area contributed by atoms with Crippen molar-refractivity contribution in [1.29, 1.82) is 0 Å². The van der Waals surface area contributed by atoms with Crippen LogP contribution < -0.4 is 4.57 Å². The Hall–Kier alpha value is 1.60. The number of pyridine rings is 1. The molecule has 0 amide bonds. The molecule has 0 radical (unpaired) electrons. The Bertz CT molecular complexity index is 218. The molecule has 0 saturated carbocycles. The third kappa shape index (κ3) is 13.6. The van der Waals surface area contributed by atoms with Crippen LogP contribution in [0.3, 0.4) is 0 Å². The van der Waals surface area contributed by atoms with Gasteiger partial charge in [-0.25, -0.2) is 4.57 Å². The summed E-state index contributed by atoms with van der Waals surface area (Å²) in [5.74, 6) is -1.58. The number of nitrogens with zero attached hydrogens (tertiary/aromatic N) is 1. The third-order valence-electron chi connectivity index (χ3n) is 1.14. The van der Waals surface area contributed by atoms with E-state index in [1.165, 1.54) is 0 Å². The Balaban J connectivity index is 0.000000252. The maximum absolute atomic E-state index is 3.29. The highest BCUT2D eigenvalue weighted by molar-refractivity contribution is 9.90. The van der Waals surface area contributed by atoms with Gasteiger partial charge in [0.05, 0.1) is 0 Å². The standard InChI is InChI=1S/C7H10N.Al.4BrH/c1-2-8-6-4-3-5-7-8;;;;;/h3-7H,2H2,1H3;;4*1H/q+1;+3;;;;/p-4. The van der Waals surface area contributed by atoms with Crippen molar-refractivity contribution in [3.8, 4) is 0 Å². The predicted molar refractivity (Wildman–Crippen MR) is 73.8 cm³/mol. The van der Waals surface area contributed by atoms with Gasteiger partial charge >= 0.3 is 5.77 Å². The zero-order chi connectivity index (χ0) is 10.3. The average molecular weight is 455 g/mol. The van der Waals surface area contributed by atoms with Gasteiger partial charge in [0, 0.05) is 12.1 Å². The van der Waals surface area contributed by atoms with Crippen molar-refractivity contribution in [2.24, 2.45) is 0 Å². The summed E-state index contributed by atoms with van der Waals surface area (Å²) < 4.78 is 2.12. The quantitative estimate of drug-likeness (QED) is 0.446. The minimum Gasteiger partial charge on any atom is -0.363 e. The highest BCUT2D eigenvalue weighted by atomic mass is 80.0. The lowest BCUT2D eigenvalue weighted by molar-refractivity contribution is -0.693. The molecule has 0 bridgehead atoms. The summed E-state index contributed by atoms with van der Waals surface area (Å²) in [7, 11) is 0. The summed E-state index contributed by atoms with van der Waals surface area (Å²) in [6, 6.07) is 6.08. The first-order valence-corrected chi connectivity index (χ1v) is 16.5. The molecule has 0 unspecified atom stereocenters. The van der Waals surface area contributed by atoms with Gasteiger partial charge in [0.25, 0.3) is 0 Å². The minimum atomic E-state index is -1.58. The molecule has 0 N–H and O–H groups in total. The van der Waals surface area contributed by atoms with E-state index >= 15 is 0 Å². The van der Waals surface area contributed by atoms with E-state index in [2.05, 4.69) is 80.1 Å². The Morgan fingerprint density at radius 2 is 1.38 bits per heavy atom. The molecule has 1 heterocycles. The molecule has 0 aromatic carbocycles. The van der Waals surface area contributed by atoms with Crippen LogP contribution in [0.15, 0.2) is 30.6 Å². The van der Waals surface area contributed by atoms with E-state index in [4.69, 9.17) is 0 Å². The Kier molecular flexibility index (Phi) is 8.80. The fraction of sp³-hybridized carbons (Fsp3) is 0.286. The number of aryl methyl sites for hydroxylation is 1. The van der Waals surface area contributed by atoms with E-state index < -0.39 is 5.77 Å². The van der Waals surface area contributed by atoms with E-state index in [1.807, 2.05) is 18.2 Å². The van der Waals surface area contributed by atoms with Gasteiger partial charge in [0.15, 0.2) is 12.4 Å². The van der Waals surface area contributed by atoms with Gasteiger partial charge in [0.1, 0.15) is 6.54 Å². The summed E-state index contributed by atoms with van der Waals surface area (Å²) >= 11 is 13.2. The van der Waals surface area contributed by atoms with Crippen molar-refractivity contribution in [3.63, 3.8) is 0 Å². The van der Waals surface area contributed by atoms with Gasteiger partial charge in [-0.3, -0.25) is 0 Å². The lowest BCUT2D eigenvalue weighted by Gasteiger charge is -2.00. The average Bonchev–Trinajstić information content (AvgIpc) is 2.03. The van der Waals surface area contributed by atoms with Crippen molar-refractivity contribution in [3.05, 3.63) is 30.6 Å². The summed E-state index contributed by atoms with van der Waals surface area (Å²) in [6.07, 6.45) is 4.11. The number of hydrogen-bond donors (Lipinski definition) is 0. The van der Waals surface area contributed by atoms with E-state index in [-0.39, 0.29) is 0 Å². The summed E-state index contributed by atoms with van der Waals surface area (Å²) in [6.45, 7) is 3.18. The molecule has 1 aromatic rings. The summed E-state index contributed by atoms with van der Waals surface area (Å²) in [5, 5.41) is 0. The van der Waals surface area contributed by atoms with Crippen LogP contribution >= 0.6 is 56.2 Å². The van der Waals surface area contributed by atoms with E-state index in [0.717, 1.165) is 6.54 Å². The van der Waals surface area contributed by atoms with Gasteiger partial charge in [-0.15, -0.1) is 0 Å². The predicted octanol–water partition coefficient (Wildman–Crippen LogP) is 4.00.